The van der Waals surface area contributed by atoms with E-state index in [1.54, 1.807) is 6.92 Å². The van der Waals surface area contributed by atoms with Crippen LogP contribution in [-0.2, 0) is 14.3 Å². The smallest absolute Gasteiger partial charge is 0.253 e. The molecule has 0 bridgehead atoms. The Morgan fingerprint density at radius 2 is 2.07 bits per heavy atom. The molecule has 0 spiro atoms. The molecule has 0 heterocycles. The van der Waals surface area contributed by atoms with Crippen molar-refractivity contribution in [2.24, 2.45) is 0 Å². The predicted molar refractivity (Wildman–Crippen MR) is 53.0 cm³/mol. The second-order valence-electron chi connectivity index (χ2n) is 2.57. The van der Waals surface area contributed by atoms with E-state index in [-0.39, 0.29) is 6.61 Å². The first-order chi connectivity index (χ1) is 7.08. The van der Waals surface area contributed by atoms with Gasteiger partial charge in [-0.05, 0) is 19.1 Å². The maximum Gasteiger partial charge on any atom is 0.300 e. The van der Waals surface area contributed by atoms with Crippen molar-refractivity contribution in [1.82, 2.24) is 0 Å². The van der Waals surface area contributed by atoms with Crippen LogP contribution in [0.1, 0.15) is 6.92 Å². The van der Waals surface area contributed by atoms with Crippen LogP contribution in [-0.4, -0.2) is 15.0 Å². The van der Waals surface area contributed by atoms with Crippen molar-refractivity contribution in [3.63, 3.8) is 0 Å². The molecular weight excluding hydrogens is 219 g/mol. The Kier molecular flexibility index (Phi) is 3.83. The molecule has 0 fully saturated rings. The Bertz CT molecular complexity index is 497. The van der Waals surface area contributed by atoms with E-state index < -0.39 is 20.8 Å². The molecule has 0 N–H and O–H groups in total. The highest BCUT2D eigenvalue weighted by Gasteiger charge is 2.18. The van der Waals surface area contributed by atoms with Gasteiger partial charge in [-0.15, -0.1) is 5.92 Å². The molecule has 0 aliphatic heterocycles. The third kappa shape index (κ3) is 3.05. The summed E-state index contributed by atoms with van der Waals surface area (Å²) >= 11 is 0. The second kappa shape index (κ2) is 4.91. The van der Waals surface area contributed by atoms with Crippen molar-refractivity contribution in [2.75, 3.05) is 6.61 Å². The largest absolute Gasteiger partial charge is 0.300 e. The number of benzene rings is 1. The van der Waals surface area contributed by atoms with Gasteiger partial charge in [0, 0.05) is 0 Å². The fourth-order valence-corrected chi connectivity index (χ4v) is 1.78. The molecule has 15 heavy (non-hydrogen) atoms. The maximum absolute atomic E-state index is 13.1. The zero-order chi connectivity index (χ0) is 11.3. The minimum atomic E-state index is -4.04. The van der Waals surface area contributed by atoms with Crippen LogP contribution in [0.25, 0.3) is 0 Å². The highest BCUT2D eigenvalue weighted by molar-refractivity contribution is 7.86. The third-order valence-electron chi connectivity index (χ3n) is 1.57. The van der Waals surface area contributed by atoms with Gasteiger partial charge in [-0.1, -0.05) is 18.1 Å². The van der Waals surface area contributed by atoms with Crippen molar-refractivity contribution in [2.45, 2.75) is 11.8 Å². The second-order valence-corrected chi connectivity index (χ2v) is 4.16. The summed E-state index contributed by atoms with van der Waals surface area (Å²) in [6.45, 7) is 1.28. The lowest BCUT2D eigenvalue weighted by molar-refractivity contribution is 0.360. The highest BCUT2D eigenvalue weighted by Crippen LogP contribution is 2.15. The van der Waals surface area contributed by atoms with Crippen LogP contribution < -0.4 is 0 Å². The molecule has 0 saturated heterocycles. The Morgan fingerprint density at radius 3 is 2.67 bits per heavy atom. The van der Waals surface area contributed by atoms with Gasteiger partial charge in [0.15, 0.2) is 0 Å². The third-order valence-corrected chi connectivity index (χ3v) is 2.87. The Hall–Kier alpha value is -1.38. The van der Waals surface area contributed by atoms with Crippen molar-refractivity contribution in [3.8, 4) is 11.8 Å². The van der Waals surface area contributed by atoms with Gasteiger partial charge in [-0.25, -0.2) is 4.39 Å². The van der Waals surface area contributed by atoms with Gasteiger partial charge in [-0.2, -0.15) is 8.42 Å². The molecule has 0 aliphatic rings. The van der Waals surface area contributed by atoms with Crippen molar-refractivity contribution in [1.29, 1.82) is 0 Å². The van der Waals surface area contributed by atoms with E-state index in [1.165, 1.54) is 12.1 Å². The van der Waals surface area contributed by atoms with Gasteiger partial charge in [0.25, 0.3) is 0 Å². The first-order valence-corrected chi connectivity index (χ1v) is 5.52. The van der Waals surface area contributed by atoms with E-state index in [0.717, 1.165) is 12.1 Å². The van der Waals surface area contributed by atoms with Crippen LogP contribution in [0.15, 0.2) is 29.2 Å². The van der Waals surface area contributed by atoms with Gasteiger partial charge >= 0.3 is 10.1 Å². The summed E-state index contributed by atoms with van der Waals surface area (Å²) in [5, 5.41) is 0. The van der Waals surface area contributed by atoms with Crippen LogP contribution >= 0.6 is 0 Å². The Balaban J connectivity index is 2.95. The molecule has 1 aromatic rings. The summed E-state index contributed by atoms with van der Waals surface area (Å²) in [6.07, 6.45) is 0. The molecule has 0 atom stereocenters. The fraction of sp³-hybridized carbons (Fsp3) is 0.200. The molecule has 0 saturated carbocycles. The molecule has 5 heteroatoms. The average Bonchev–Trinajstić information content (AvgIpc) is 2.18. The molecular formula is C10H9FO3S. The number of rotatable bonds is 3. The normalized spacial score (nSPS) is 10.5. The van der Waals surface area contributed by atoms with E-state index in [0.29, 0.717) is 0 Å². The molecule has 3 nitrogen and oxygen atoms in total. The van der Waals surface area contributed by atoms with Crippen molar-refractivity contribution >= 4 is 10.1 Å². The summed E-state index contributed by atoms with van der Waals surface area (Å²) in [4.78, 5) is -0.470. The van der Waals surface area contributed by atoms with E-state index in [2.05, 4.69) is 16.0 Å². The van der Waals surface area contributed by atoms with Crippen LogP contribution in [0.3, 0.4) is 0 Å². The Labute approximate surface area is 88.0 Å². The summed E-state index contributed by atoms with van der Waals surface area (Å²) in [7, 11) is -4.04. The standard InChI is InChI=1S/C10H9FO3S/c1-2-3-8-14-15(12,13)10-7-5-4-6-9(10)11/h4-7H,8H2,1H3. The summed E-state index contributed by atoms with van der Waals surface area (Å²) in [6, 6.07) is 5.02. The van der Waals surface area contributed by atoms with Gasteiger partial charge in [0.05, 0.1) is 0 Å². The van der Waals surface area contributed by atoms with Gasteiger partial charge < -0.3 is 0 Å². The van der Waals surface area contributed by atoms with Gasteiger partial charge in [-0.3, -0.25) is 4.18 Å². The fourth-order valence-electron chi connectivity index (χ4n) is 0.890. The number of halogens is 1. The quantitative estimate of drug-likeness (QED) is 0.582. The van der Waals surface area contributed by atoms with E-state index in [9.17, 15) is 12.8 Å². The van der Waals surface area contributed by atoms with Crippen molar-refractivity contribution in [3.05, 3.63) is 30.1 Å². The lowest BCUT2D eigenvalue weighted by atomic mass is 10.4. The zero-order valence-electron chi connectivity index (χ0n) is 8.03. The van der Waals surface area contributed by atoms with Crippen LogP contribution in [0, 0.1) is 17.7 Å². The minimum Gasteiger partial charge on any atom is -0.253 e. The number of hydrogen-bond acceptors (Lipinski definition) is 3. The van der Waals surface area contributed by atoms with Crippen LogP contribution in [0.4, 0.5) is 4.39 Å². The first kappa shape index (κ1) is 11.7. The lowest BCUT2D eigenvalue weighted by Gasteiger charge is -2.03. The average molecular weight is 228 g/mol. The topological polar surface area (TPSA) is 43.4 Å². The van der Waals surface area contributed by atoms with Gasteiger partial charge in [0.1, 0.15) is 17.3 Å². The zero-order valence-corrected chi connectivity index (χ0v) is 8.84. The molecule has 0 amide bonds. The monoisotopic (exact) mass is 228 g/mol. The molecule has 80 valence electrons. The number of hydrogen-bond donors (Lipinski definition) is 0. The SMILES string of the molecule is CC#CCOS(=O)(=O)c1ccccc1F. The molecule has 0 aliphatic carbocycles. The predicted octanol–water partition coefficient (Wildman–Crippen LogP) is 1.55. The van der Waals surface area contributed by atoms with E-state index >= 15 is 0 Å². The molecule has 1 rings (SSSR count). The van der Waals surface area contributed by atoms with Crippen LogP contribution in [0.2, 0.25) is 0 Å². The molecule has 1 aromatic carbocycles. The summed E-state index contributed by atoms with van der Waals surface area (Å²) < 4.78 is 40.4. The minimum absolute atomic E-state index is 0.271. The molecule has 0 aromatic heterocycles. The van der Waals surface area contributed by atoms with Gasteiger partial charge in [0.2, 0.25) is 0 Å². The summed E-state index contributed by atoms with van der Waals surface area (Å²) in [5.41, 5.74) is 0. The molecule has 0 radical (unpaired) electrons. The van der Waals surface area contributed by atoms with Crippen molar-refractivity contribution < 1.29 is 17.0 Å². The van der Waals surface area contributed by atoms with Crippen LogP contribution in [0.5, 0.6) is 0 Å². The lowest BCUT2D eigenvalue weighted by Crippen LogP contribution is -2.08. The maximum atomic E-state index is 13.1. The first-order valence-electron chi connectivity index (χ1n) is 4.11. The van der Waals surface area contributed by atoms with E-state index in [1.807, 2.05) is 0 Å². The highest BCUT2D eigenvalue weighted by atomic mass is 32.2. The van der Waals surface area contributed by atoms with E-state index in [4.69, 9.17) is 0 Å². The molecule has 0 unspecified atom stereocenters. The Morgan fingerprint density at radius 1 is 1.40 bits per heavy atom. The summed E-state index contributed by atoms with van der Waals surface area (Å²) in [5.74, 6) is 4.06.